The molecule has 1 aliphatic carbocycles. The molecule has 13 heavy (non-hydrogen) atoms. The van der Waals surface area contributed by atoms with Crippen molar-refractivity contribution in [2.24, 2.45) is 10.9 Å². The lowest BCUT2D eigenvalue weighted by Crippen LogP contribution is -2.32. The fourth-order valence-electron chi connectivity index (χ4n) is 1.38. The highest BCUT2D eigenvalue weighted by atomic mass is 32.1. The number of nitrogens with zero attached hydrogens (tertiary/aromatic N) is 2. The van der Waals surface area contributed by atoms with Gasteiger partial charge in [0, 0.05) is 24.9 Å². The van der Waals surface area contributed by atoms with Gasteiger partial charge in [-0.05, 0) is 31.1 Å². The summed E-state index contributed by atoms with van der Waals surface area (Å²) in [4.78, 5) is 3.96. The van der Waals surface area contributed by atoms with Gasteiger partial charge in [0.1, 0.15) is 0 Å². The fraction of sp³-hybridized carbons (Fsp3) is 0.444. The summed E-state index contributed by atoms with van der Waals surface area (Å²) in [6, 6.07) is 0. The molecule has 0 aromatic heterocycles. The van der Waals surface area contributed by atoms with Crippen molar-refractivity contribution in [3.63, 3.8) is 0 Å². The molecule has 0 aromatic rings. The number of allylic oxidation sites excluding steroid dienone is 2. The van der Waals surface area contributed by atoms with Crippen molar-refractivity contribution in [3.8, 4) is 0 Å². The van der Waals surface area contributed by atoms with E-state index >= 15 is 0 Å². The molecule has 0 unspecified atom stereocenters. The van der Waals surface area contributed by atoms with Crippen molar-refractivity contribution >= 4 is 17.4 Å². The number of aliphatic imine (C=N–C) groups is 1. The third-order valence-corrected chi connectivity index (χ3v) is 2.22. The molecule has 1 N–H and O–H groups in total. The molecule has 3 nitrogen and oxygen atoms in total. The van der Waals surface area contributed by atoms with Crippen LogP contribution in [0.15, 0.2) is 28.7 Å². The smallest absolute Gasteiger partial charge is 0.0935 e. The Hall–Kier alpha value is -1.12. The minimum atomic E-state index is 0.700. The molecule has 0 bridgehead atoms. The van der Waals surface area contributed by atoms with Gasteiger partial charge in [0.2, 0.25) is 0 Å². The monoisotopic (exact) mass is 193 g/mol. The maximum atomic E-state index is 4.57. The first-order valence-electron chi connectivity index (χ1n) is 4.30. The van der Waals surface area contributed by atoms with Crippen molar-refractivity contribution in [2.75, 3.05) is 7.05 Å². The van der Waals surface area contributed by atoms with Crippen LogP contribution in [0.3, 0.4) is 0 Å². The zero-order chi connectivity index (χ0) is 9.26. The molecule has 1 heterocycles. The van der Waals surface area contributed by atoms with Gasteiger partial charge in [0.05, 0.1) is 10.9 Å². The van der Waals surface area contributed by atoms with Crippen LogP contribution in [-0.2, 0) is 0 Å². The van der Waals surface area contributed by atoms with Crippen LogP contribution in [0.2, 0.25) is 0 Å². The van der Waals surface area contributed by atoms with Crippen LogP contribution in [0.4, 0.5) is 0 Å². The van der Waals surface area contributed by atoms with Crippen LogP contribution >= 0.6 is 12.2 Å². The van der Waals surface area contributed by atoms with E-state index in [-0.39, 0.29) is 0 Å². The van der Waals surface area contributed by atoms with Crippen LogP contribution in [0.5, 0.6) is 0 Å². The van der Waals surface area contributed by atoms with E-state index in [1.165, 1.54) is 18.5 Å². The Morgan fingerprint density at radius 2 is 2.46 bits per heavy atom. The first kappa shape index (κ1) is 8.48. The van der Waals surface area contributed by atoms with Crippen molar-refractivity contribution in [1.29, 1.82) is 0 Å². The van der Waals surface area contributed by atoms with Crippen molar-refractivity contribution in [3.05, 3.63) is 23.7 Å². The molecule has 4 heteroatoms. The molecule has 0 radical (unpaired) electrons. The number of hydrogen-bond donors (Lipinski definition) is 1. The summed E-state index contributed by atoms with van der Waals surface area (Å²) < 4.78 is 0. The van der Waals surface area contributed by atoms with E-state index in [1.54, 1.807) is 0 Å². The van der Waals surface area contributed by atoms with E-state index < -0.39 is 0 Å². The summed E-state index contributed by atoms with van der Waals surface area (Å²) >= 11 is 4.57. The first-order chi connectivity index (χ1) is 6.29. The molecule has 1 aliphatic heterocycles. The number of hydrazine groups is 1. The topological polar surface area (TPSA) is 27.6 Å². The zero-order valence-corrected chi connectivity index (χ0v) is 8.27. The van der Waals surface area contributed by atoms with Crippen molar-refractivity contribution in [2.45, 2.75) is 12.8 Å². The predicted molar refractivity (Wildman–Crippen MR) is 54.8 cm³/mol. The average Bonchev–Trinajstić information content (AvgIpc) is 2.85. The number of rotatable bonds is 2. The quantitative estimate of drug-likeness (QED) is 0.534. The predicted octanol–water partition coefficient (Wildman–Crippen LogP) is 1.67. The molecule has 2 aliphatic rings. The van der Waals surface area contributed by atoms with Crippen LogP contribution in [-0.4, -0.2) is 17.2 Å². The third kappa shape index (κ3) is 1.97. The van der Waals surface area contributed by atoms with Crippen LogP contribution < -0.4 is 5.43 Å². The first-order valence-corrected chi connectivity index (χ1v) is 4.71. The maximum absolute atomic E-state index is 4.57. The van der Waals surface area contributed by atoms with Gasteiger partial charge in [0.25, 0.3) is 0 Å². The van der Waals surface area contributed by atoms with E-state index in [0.717, 1.165) is 5.70 Å². The standard InChI is InChI=1S/C9H11N3S/c1-12-5-8(10-6-13)4-9(11-12)7-2-3-7/h4-5,7,11H,2-3H2,1H3. The number of thiocarbonyl (C=S) groups is 1. The Balaban J connectivity index is 2.20. The SMILES string of the molecule is CN1C=C(N=C=S)C=C(C2CC2)N1. The van der Waals surface area contributed by atoms with Crippen LogP contribution in [0.25, 0.3) is 0 Å². The van der Waals surface area contributed by atoms with Gasteiger partial charge in [0.15, 0.2) is 0 Å². The molecule has 0 aromatic carbocycles. The molecular weight excluding hydrogens is 182 g/mol. The number of nitrogens with one attached hydrogen (secondary N) is 1. The Bertz CT molecular complexity index is 322. The summed E-state index contributed by atoms with van der Waals surface area (Å²) in [5.41, 5.74) is 5.38. The third-order valence-electron chi connectivity index (χ3n) is 2.13. The Morgan fingerprint density at radius 3 is 3.08 bits per heavy atom. The van der Waals surface area contributed by atoms with Crippen LogP contribution in [0.1, 0.15) is 12.8 Å². The summed E-state index contributed by atoms with van der Waals surface area (Å²) in [5, 5.41) is 4.28. The summed E-state index contributed by atoms with van der Waals surface area (Å²) in [6.07, 6.45) is 6.49. The lowest BCUT2D eigenvalue weighted by atomic mass is 10.2. The summed E-state index contributed by atoms with van der Waals surface area (Å²) in [5.74, 6) is 0.700. The molecular formula is C9H11N3S. The highest BCUT2D eigenvalue weighted by molar-refractivity contribution is 7.78. The van der Waals surface area contributed by atoms with E-state index in [2.05, 4.69) is 27.8 Å². The Kier molecular flexibility index (Phi) is 2.17. The second-order valence-corrected chi connectivity index (χ2v) is 3.54. The largest absolute Gasteiger partial charge is 0.303 e. The van der Waals surface area contributed by atoms with Gasteiger partial charge in [-0.3, -0.25) is 5.01 Å². The minimum Gasteiger partial charge on any atom is -0.303 e. The summed E-state index contributed by atoms with van der Waals surface area (Å²) in [6.45, 7) is 0. The maximum Gasteiger partial charge on any atom is 0.0935 e. The van der Waals surface area contributed by atoms with Crippen LogP contribution in [0, 0.1) is 5.92 Å². The van der Waals surface area contributed by atoms with E-state index in [9.17, 15) is 0 Å². The number of hydrogen-bond acceptors (Lipinski definition) is 4. The van der Waals surface area contributed by atoms with Crippen molar-refractivity contribution < 1.29 is 0 Å². The molecule has 0 spiro atoms. The van der Waals surface area contributed by atoms with Crippen molar-refractivity contribution in [1.82, 2.24) is 10.4 Å². The molecule has 0 saturated heterocycles. The molecule has 0 amide bonds. The molecule has 1 fully saturated rings. The molecule has 68 valence electrons. The Labute approximate surface area is 82.8 Å². The van der Waals surface area contributed by atoms with E-state index in [1.807, 2.05) is 24.3 Å². The lowest BCUT2D eigenvalue weighted by Gasteiger charge is -2.23. The second-order valence-electron chi connectivity index (χ2n) is 3.35. The van der Waals surface area contributed by atoms with Gasteiger partial charge in [-0.25, -0.2) is 0 Å². The van der Waals surface area contributed by atoms with Gasteiger partial charge < -0.3 is 5.43 Å². The average molecular weight is 193 g/mol. The van der Waals surface area contributed by atoms with Gasteiger partial charge in [-0.2, -0.15) is 4.99 Å². The summed E-state index contributed by atoms with van der Waals surface area (Å²) in [7, 11) is 1.95. The molecule has 2 rings (SSSR count). The van der Waals surface area contributed by atoms with Gasteiger partial charge in [-0.1, -0.05) is 0 Å². The van der Waals surface area contributed by atoms with E-state index in [0.29, 0.717) is 5.92 Å². The highest BCUT2D eigenvalue weighted by Crippen LogP contribution is 2.36. The lowest BCUT2D eigenvalue weighted by molar-refractivity contribution is 0.350. The van der Waals surface area contributed by atoms with Gasteiger partial charge >= 0.3 is 0 Å². The van der Waals surface area contributed by atoms with Gasteiger partial charge in [-0.15, -0.1) is 0 Å². The fourth-order valence-corrected chi connectivity index (χ4v) is 1.49. The Morgan fingerprint density at radius 1 is 1.69 bits per heavy atom. The normalized spacial score (nSPS) is 21.2. The molecule has 1 saturated carbocycles. The highest BCUT2D eigenvalue weighted by Gasteiger charge is 2.27. The zero-order valence-electron chi connectivity index (χ0n) is 7.45. The number of isothiocyanates is 1. The van der Waals surface area contributed by atoms with E-state index in [4.69, 9.17) is 0 Å². The second kappa shape index (κ2) is 3.32. The minimum absolute atomic E-state index is 0.700. The molecule has 0 atom stereocenters.